The van der Waals surface area contributed by atoms with Gasteiger partial charge in [-0.15, -0.1) is 0 Å². The molecule has 1 saturated carbocycles. The van der Waals surface area contributed by atoms with Gasteiger partial charge in [-0.05, 0) is 26.7 Å². The second kappa shape index (κ2) is 6.34. The van der Waals surface area contributed by atoms with Crippen LogP contribution < -0.4 is 10.6 Å². The lowest BCUT2D eigenvalue weighted by Gasteiger charge is -2.26. The van der Waals surface area contributed by atoms with Gasteiger partial charge in [0, 0.05) is 12.6 Å². The quantitative estimate of drug-likeness (QED) is 0.610. The van der Waals surface area contributed by atoms with Gasteiger partial charge in [-0.3, -0.25) is 19.8 Å². The molecule has 1 unspecified atom stereocenters. The molecule has 1 atom stereocenters. The number of hydrogen-bond donors (Lipinski definition) is 3. The van der Waals surface area contributed by atoms with Crippen LogP contribution in [0.2, 0.25) is 0 Å². The van der Waals surface area contributed by atoms with Gasteiger partial charge in [0.05, 0.1) is 12.6 Å². The summed E-state index contributed by atoms with van der Waals surface area (Å²) in [6.45, 7) is 3.59. The van der Waals surface area contributed by atoms with Gasteiger partial charge >= 0.3 is 12.0 Å². The van der Waals surface area contributed by atoms with Crippen molar-refractivity contribution in [3.05, 3.63) is 0 Å². The Morgan fingerprint density at radius 3 is 2.44 bits per heavy atom. The van der Waals surface area contributed by atoms with Crippen molar-refractivity contribution in [3.8, 4) is 0 Å². The predicted octanol–water partition coefficient (Wildman–Crippen LogP) is -0.230. The molecule has 7 nitrogen and oxygen atoms in total. The lowest BCUT2D eigenvalue weighted by Crippen LogP contribution is -2.51. The lowest BCUT2D eigenvalue weighted by atomic mass is 10.2. The van der Waals surface area contributed by atoms with E-state index in [4.69, 9.17) is 5.11 Å². The molecule has 0 aromatic rings. The fourth-order valence-electron chi connectivity index (χ4n) is 1.72. The first-order chi connectivity index (χ1) is 8.45. The van der Waals surface area contributed by atoms with Crippen molar-refractivity contribution >= 4 is 17.9 Å². The van der Waals surface area contributed by atoms with E-state index in [2.05, 4.69) is 10.6 Å². The summed E-state index contributed by atoms with van der Waals surface area (Å²) in [6.07, 6.45) is 1.79. The molecule has 1 aliphatic rings. The molecule has 7 heteroatoms. The molecule has 0 aliphatic heterocycles. The summed E-state index contributed by atoms with van der Waals surface area (Å²) in [7, 11) is 0. The summed E-state index contributed by atoms with van der Waals surface area (Å²) in [5.41, 5.74) is 0. The van der Waals surface area contributed by atoms with Gasteiger partial charge in [0.1, 0.15) is 0 Å². The molecular weight excluding hydrogens is 238 g/mol. The number of carbonyl (C=O) groups is 3. The Labute approximate surface area is 106 Å². The average Bonchev–Trinajstić information content (AvgIpc) is 3.08. The van der Waals surface area contributed by atoms with E-state index in [0.29, 0.717) is 6.54 Å². The third kappa shape index (κ3) is 4.33. The van der Waals surface area contributed by atoms with E-state index in [1.807, 2.05) is 0 Å². The molecule has 0 bridgehead atoms. The van der Waals surface area contributed by atoms with Crippen molar-refractivity contribution in [1.29, 1.82) is 0 Å². The standard InChI is InChI=1S/C11H19N3O4/c1-3-12-11(18)13-10(17)7(2)14(6-9(15)16)8-4-5-8/h7-8H,3-6H2,1-2H3,(H,15,16)(H2,12,13,17,18). The number of amides is 3. The fraction of sp³-hybridized carbons (Fsp3) is 0.727. The van der Waals surface area contributed by atoms with E-state index in [1.54, 1.807) is 18.7 Å². The SMILES string of the molecule is CCNC(=O)NC(=O)C(C)N(CC(=O)O)C1CC1. The highest BCUT2D eigenvalue weighted by atomic mass is 16.4. The van der Waals surface area contributed by atoms with Crippen molar-refractivity contribution in [2.45, 2.75) is 38.8 Å². The minimum Gasteiger partial charge on any atom is -0.480 e. The first kappa shape index (κ1) is 14.4. The third-order valence-corrected chi connectivity index (χ3v) is 2.78. The van der Waals surface area contributed by atoms with Crippen LogP contribution in [0.1, 0.15) is 26.7 Å². The first-order valence-electron chi connectivity index (χ1n) is 6.02. The van der Waals surface area contributed by atoms with Gasteiger partial charge in [0.15, 0.2) is 0 Å². The normalized spacial score (nSPS) is 16.2. The van der Waals surface area contributed by atoms with E-state index in [1.165, 1.54) is 0 Å². The highest BCUT2D eigenvalue weighted by Gasteiger charge is 2.36. The summed E-state index contributed by atoms with van der Waals surface area (Å²) in [5.74, 6) is -1.45. The Morgan fingerprint density at radius 1 is 1.39 bits per heavy atom. The number of imide groups is 1. The maximum Gasteiger partial charge on any atom is 0.321 e. The molecule has 18 heavy (non-hydrogen) atoms. The van der Waals surface area contributed by atoms with Crippen LogP contribution in [0.15, 0.2) is 0 Å². The molecule has 3 N–H and O–H groups in total. The number of nitrogens with zero attached hydrogens (tertiary/aromatic N) is 1. The van der Waals surface area contributed by atoms with Crippen LogP contribution in [-0.4, -0.2) is 53.1 Å². The zero-order valence-electron chi connectivity index (χ0n) is 10.6. The topological polar surface area (TPSA) is 98.7 Å². The number of carboxylic acid groups (broad SMARTS) is 1. The number of aliphatic carboxylic acids is 1. The van der Waals surface area contributed by atoms with Crippen LogP contribution in [0.3, 0.4) is 0 Å². The van der Waals surface area contributed by atoms with Crippen LogP contribution in [0.25, 0.3) is 0 Å². The number of carbonyl (C=O) groups excluding carboxylic acids is 2. The van der Waals surface area contributed by atoms with Crippen molar-refractivity contribution in [2.24, 2.45) is 0 Å². The van der Waals surface area contributed by atoms with Gasteiger partial charge in [0.2, 0.25) is 5.91 Å². The summed E-state index contributed by atoms with van der Waals surface area (Å²) in [6, 6.07) is -1.05. The van der Waals surface area contributed by atoms with Crippen molar-refractivity contribution < 1.29 is 19.5 Å². The molecule has 0 spiro atoms. The molecule has 1 rings (SSSR count). The number of urea groups is 1. The lowest BCUT2D eigenvalue weighted by molar-refractivity contribution is -0.140. The summed E-state index contributed by atoms with van der Waals surface area (Å²) in [4.78, 5) is 35.3. The first-order valence-corrected chi connectivity index (χ1v) is 6.02. The fourth-order valence-corrected chi connectivity index (χ4v) is 1.72. The molecule has 1 aliphatic carbocycles. The average molecular weight is 257 g/mol. The van der Waals surface area contributed by atoms with Crippen molar-refractivity contribution in [3.63, 3.8) is 0 Å². The van der Waals surface area contributed by atoms with Gasteiger partial charge in [0.25, 0.3) is 0 Å². The van der Waals surface area contributed by atoms with Gasteiger partial charge < -0.3 is 10.4 Å². The largest absolute Gasteiger partial charge is 0.480 e. The summed E-state index contributed by atoms with van der Waals surface area (Å²) in [5, 5.41) is 13.4. The third-order valence-electron chi connectivity index (χ3n) is 2.78. The molecule has 0 radical (unpaired) electrons. The zero-order chi connectivity index (χ0) is 13.7. The van der Waals surface area contributed by atoms with Crippen molar-refractivity contribution in [2.75, 3.05) is 13.1 Å². The smallest absolute Gasteiger partial charge is 0.321 e. The van der Waals surface area contributed by atoms with E-state index >= 15 is 0 Å². The van der Waals surface area contributed by atoms with Crippen LogP contribution >= 0.6 is 0 Å². The molecule has 1 fully saturated rings. The summed E-state index contributed by atoms with van der Waals surface area (Å²) >= 11 is 0. The minimum atomic E-state index is -0.973. The molecule has 0 aromatic carbocycles. The molecule has 0 heterocycles. The van der Waals surface area contributed by atoms with Crippen LogP contribution in [0.4, 0.5) is 4.79 Å². The number of carboxylic acids is 1. The highest BCUT2D eigenvalue weighted by molar-refractivity contribution is 5.97. The second-order valence-corrected chi connectivity index (χ2v) is 4.32. The maximum absolute atomic E-state index is 11.8. The van der Waals surface area contributed by atoms with E-state index in [0.717, 1.165) is 12.8 Å². The summed E-state index contributed by atoms with van der Waals surface area (Å²) < 4.78 is 0. The van der Waals surface area contributed by atoms with E-state index < -0.39 is 23.9 Å². The Balaban J connectivity index is 2.53. The van der Waals surface area contributed by atoms with Gasteiger partial charge in [-0.2, -0.15) is 0 Å². The van der Waals surface area contributed by atoms with E-state index in [9.17, 15) is 14.4 Å². The predicted molar refractivity (Wildman–Crippen MR) is 64.0 cm³/mol. The Bertz CT molecular complexity index is 341. The number of rotatable bonds is 6. The van der Waals surface area contributed by atoms with Crippen LogP contribution in [0.5, 0.6) is 0 Å². The van der Waals surface area contributed by atoms with Crippen molar-refractivity contribution in [1.82, 2.24) is 15.5 Å². The van der Waals surface area contributed by atoms with Crippen LogP contribution in [0, 0.1) is 0 Å². The molecular formula is C11H19N3O4. The Morgan fingerprint density at radius 2 is 2.00 bits per heavy atom. The minimum absolute atomic E-state index is 0.135. The van der Waals surface area contributed by atoms with E-state index in [-0.39, 0.29) is 12.6 Å². The van der Waals surface area contributed by atoms with Gasteiger partial charge in [-0.1, -0.05) is 0 Å². The highest BCUT2D eigenvalue weighted by Crippen LogP contribution is 2.28. The van der Waals surface area contributed by atoms with Crippen LogP contribution in [-0.2, 0) is 9.59 Å². The second-order valence-electron chi connectivity index (χ2n) is 4.32. The molecule has 0 aromatic heterocycles. The maximum atomic E-state index is 11.8. The monoisotopic (exact) mass is 257 g/mol. The Kier molecular flexibility index (Phi) is 5.08. The number of nitrogens with one attached hydrogen (secondary N) is 2. The molecule has 0 saturated heterocycles. The van der Waals surface area contributed by atoms with Gasteiger partial charge in [-0.25, -0.2) is 4.79 Å². The number of hydrogen-bond acceptors (Lipinski definition) is 4. The molecule has 102 valence electrons. The zero-order valence-corrected chi connectivity index (χ0v) is 10.6. The molecule has 3 amide bonds. The Hall–Kier alpha value is -1.63.